The van der Waals surface area contributed by atoms with Crippen LogP contribution in [0, 0.1) is 0 Å². The van der Waals surface area contributed by atoms with E-state index in [4.69, 9.17) is 0 Å². The fourth-order valence-electron chi connectivity index (χ4n) is 2.25. The molecule has 7 heteroatoms. The Balaban J connectivity index is 2.03. The van der Waals surface area contributed by atoms with Gasteiger partial charge < -0.3 is 4.90 Å². The van der Waals surface area contributed by atoms with Crippen LogP contribution >= 0.6 is 15.9 Å². The summed E-state index contributed by atoms with van der Waals surface area (Å²) in [4.78, 5) is 17.9. The molecule has 0 aromatic carbocycles. The maximum Gasteiger partial charge on any atom is 0.348 e. The fraction of sp³-hybridized carbons (Fsp3) is 0.500. The van der Waals surface area contributed by atoms with Crippen LogP contribution in [0.2, 0.25) is 0 Å². The average Bonchev–Trinajstić information content (AvgIpc) is 2.96. The quantitative estimate of drug-likeness (QED) is 0.832. The summed E-state index contributed by atoms with van der Waals surface area (Å²) < 4.78 is 1.41. The van der Waals surface area contributed by atoms with Crippen molar-refractivity contribution in [2.45, 2.75) is 18.9 Å². The maximum absolute atomic E-state index is 11.3. The van der Waals surface area contributed by atoms with Crippen LogP contribution in [0.5, 0.6) is 0 Å². The summed E-state index contributed by atoms with van der Waals surface area (Å²) in [6, 6.07) is 2.33. The third-order valence-electron chi connectivity index (χ3n) is 3.14. The average molecular weight is 298 g/mol. The standard InChI is InChI=1S/C10H12BrN5O/c11-5-7-2-1-3-15(7)8-4-9-13-14-10(17)16(9)6-12-8/h4,6-7H,1-3,5H2,(H,14,17). The minimum atomic E-state index is -0.252. The molecule has 0 spiro atoms. The molecule has 2 aromatic rings. The van der Waals surface area contributed by atoms with E-state index in [1.54, 1.807) is 0 Å². The topological polar surface area (TPSA) is 66.3 Å². The van der Waals surface area contributed by atoms with E-state index in [-0.39, 0.29) is 5.69 Å². The van der Waals surface area contributed by atoms with Crippen LogP contribution in [0.3, 0.4) is 0 Å². The van der Waals surface area contributed by atoms with Gasteiger partial charge in [-0.1, -0.05) is 15.9 Å². The van der Waals surface area contributed by atoms with E-state index in [0.717, 1.165) is 17.7 Å². The summed E-state index contributed by atoms with van der Waals surface area (Å²) in [7, 11) is 0. The first-order valence-electron chi connectivity index (χ1n) is 5.55. The van der Waals surface area contributed by atoms with Gasteiger partial charge in [-0.05, 0) is 12.8 Å². The van der Waals surface area contributed by atoms with Crippen LogP contribution in [-0.2, 0) is 0 Å². The number of hydrogen-bond acceptors (Lipinski definition) is 4. The third kappa shape index (κ3) is 1.74. The number of fused-ring (bicyclic) bond motifs is 1. The van der Waals surface area contributed by atoms with E-state index in [0.29, 0.717) is 11.7 Å². The molecule has 0 radical (unpaired) electrons. The number of nitrogens with zero attached hydrogens (tertiary/aromatic N) is 4. The number of aromatic nitrogens is 4. The highest BCUT2D eigenvalue weighted by atomic mass is 79.9. The predicted octanol–water partition coefficient (Wildman–Crippen LogP) is 0.781. The molecule has 0 amide bonds. The predicted molar refractivity (Wildman–Crippen MR) is 67.8 cm³/mol. The van der Waals surface area contributed by atoms with E-state index in [9.17, 15) is 4.79 Å². The Bertz CT molecular complexity index is 592. The van der Waals surface area contributed by atoms with Crippen molar-refractivity contribution in [3.05, 3.63) is 22.9 Å². The number of hydrogen-bond donors (Lipinski definition) is 1. The molecule has 0 saturated carbocycles. The number of alkyl halides is 1. The van der Waals surface area contributed by atoms with E-state index in [2.05, 4.69) is 36.0 Å². The van der Waals surface area contributed by atoms with E-state index in [1.165, 1.54) is 23.6 Å². The van der Waals surface area contributed by atoms with Gasteiger partial charge in [0.2, 0.25) is 0 Å². The minimum absolute atomic E-state index is 0.252. The van der Waals surface area contributed by atoms with Gasteiger partial charge in [0, 0.05) is 24.0 Å². The number of halogens is 1. The maximum atomic E-state index is 11.3. The zero-order valence-electron chi connectivity index (χ0n) is 9.14. The van der Waals surface area contributed by atoms with Crippen LogP contribution in [0.25, 0.3) is 5.65 Å². The Hall–Kier alpha value is -1.37. The summed E-state index contributed by atoms with van der Waals surface area (Å²) in [6.07, 6.45) is 3.88. The Morgan fingerprint density at radius 1 is 1.59 bits per heavy atom. The Morgan fingerprint density at radius 2 is 2.47 bits per heavy atom. The largest absolute Gasteiger partial charge is 0.353 e. The molecule has 1 unspecified atom stereocenters. The molecule has 0 bridgehead atoms. The summed E-state index contributed by atoms with van der Waals surface area (Å²) in [5.74, 6) is 0.887. The first-order chi connectivity index (χ1) is 8.29. The van der Waals surface area contributed by atoms with Crippen molar-refractivity contribution in [2.75, 3.05) is 16.8 Å². The van der Waals surface area contributed by atoms with Gasteiger partial charge in [0.25, 0.3) is 0 Å². The van der Waals surface area contributed by atoms with Crippen LogP contribution in [-0.4, -0.2) is 37.5 Å². The number of rotatable bonds is 2. The van der Waals surface area contributed by atoms with Gasteiger partial charge in [0.15, 0.2) is 5.65 Å². The molecule has 6 nitrogen and oxygen atoms in total. The molecule has 17 heavy (non-hydrogen) atoms. The SMILES string of the molecule is O=c1[nH]nc2cc(N3CCCC3CBr)ncn12. The summed E-state index contributed by atoms with van der Waals surface area (Å²) >= 11 is 3.52. The number of anilines is 1. The van der Waals surface area contributed by atoms with Gasteiger partial charge >= 0.3 is 5.69 Å². The second-order valence-electron chi connectivity index (χ2n) is 4.15. The van der Waals surface area contributed by atoms with E-state index in [1.807, 2.05) is 6.07 Å². The summed E-state index contributed by atoms with van der Waals surface area (Å²) in [5.41, 5.74) is 0.359. The Morgan fingerprint density at radius 3 is 3.29 bits per heavy atom. The van der Waals surface area contributed by atoms with E-state index >= 15 is 0 Å². The number of aromatic amines is 1. The lowest BCUT2D eigenvalue weighted by atomic mass is 10.2. The molecule has 90 valence electrons. The smallest absolute Gasteiger partial charge is 0.348 e. The monoisotopic (exact) mass is 297 g/mol. The number of H-pyrrole nitrogens is 1. The summed E-state index contributed by atoms with van der Waals surface area (Å²) in [5, 5.41) is 7.30. The highest BCUT2D eigenvalue weighted by molar-refractivity contribution is 9.09. The van der Waals surface area contributed by atoms with Crippen molar-refractivity contribution < 1.29 is 0 Å². The molecule has 2 aromatic heterocycles. The summed E-state index contributed by atoms with van der Waals surface area (Å²) in [6.45, 7) is 1.01. The van der Waals surface area contributed by atoms with Gasteiger partial charge in [-0.2, -0.15) is 5.10 Å². The lowest BCUT2D eigenvalue weighted by molar-refractivity contribution is 0.740. The van der Waals surface area contributed by atoms with Crippen LogP contribution in [0.15, 0.2) is 17.2 Å². The van der Waals surface area contributed by atoms with Crippen molar-refractivity contribution in [3.8, 4) is 0 Å². The zero-order valence-corrected chi connectivity index (χ0v) is 10.7. The molecule has 0 aliphatic carbocycles. The highest BCUT2D eigenvalue weighted by Crippen LogP contribution is 2.24. The van der Waals surface area contributed by atoms with Crippen molar-refractivity contribution in [2.24, 2.45) is 0 Å². The van der Waals surface area contributed by atoms with Gasteiger partial charge in [-0.3, -0.25) is 0 Å². The van der Waals surface area contributed by atoms with Gasteiger partial charge in [0.1, 0.15) is 12.1 Å². The molecule has 1 saturated heterocycles. The first kappa shape index (κ1) is 10.8. The Kier molecular flexibility index (Phi) is 2.62. The normalized spacial score (nSPS) is 20.3. The van der Waals surface area contributed by atoms with Crippen molar-refractivity contribution in [1.82, 2.24) is 19.6 Å². The van der Waals surface area contributed by atoms with Crippen LogP contribution in [0.1, 0.15) is 12.8 Å². The second-order valence-corrected chi connectivity index (χ2v) is 4.80. The molecule has 3 rings (SSSR count). The first-order valence-corrected chi connectivity index (χ1v) is 6.67. The molecule has 3 heterocycles. The van der Waals surface area contributed by atoms with Crippen LogP contribution in [0.4, 0.5) is 5.82 Å². The second kappa shape index (κ2) is 4.14. The van der Waals surface area contributed by atoms with Crippen LogP contribution < -0.4 is 10.6 Å². The molecule has 1 aliphatic rings. The molecule has 1 fully saturated rings. The number of nitrogens with one attached hydrogen (secondary N) is 1. The van der Waals surface area contributed by atoms with Crippen molar-refractivity contribution in [3.63, 3.8) is 0 Å². The molecular formula is C10H12BrN5O. The lowest BCUT2D eigenvalue weighted by Crippen LogP contribution is -2.31. The minimum Gasteiger partial charge on any atom is -0.353 e. The molecule has 1 aliphatic heterocycles. The molecular weight excluding hydrogens is 286 g/mol. The third-order valence-corrected chi connectivity index (χ3v) is 3.89. The van der Waals surface area contributed by atoms with E-state index < -0.39 is 0 Å². The zero-order chi connectivity index (χ0) is 11.8. The van der Waals surface area contributed by atoms with Gasteiger partial charge in [0.05, 0.1) is 0 Å². The van der Waals surface area contributed by atoms with Crippen molar-refractivity contribution in [1.29, 1.82) is 0 Å². The van der Waals surface area contributed by atoms with Gasteiger partial charge in [-0.15, -0.1) is 0 Å². The van der Waals surface area contributed by atoms with Crippen molar-refractivity contribution >= 4 is 27.4 Å². The highest BCUT2D eigenvalue weighted by Gasteiger charge is 2.24. The lowest BCUT2D eigenvalue weighted by Gasteiger charge is -2.23. The fourth-order valence-corrected chi connectivity index (χ4v) is 2.93. The molecule has 1 atom stereocenters. The van der Waals surface area contributed by atoms with Gasteiger partial charge in [-0.25, -0.2) is 19.3 Å². The Labute approximate surface area is 106 Å². The molecule has 1 N–H and O–H groups in total.